The minimum Gasteiger partial charge on any atom is -0.381 e. The highest BCUT2D eigenvalue weighted by atomic mass is 127. The van der Waals surface area contributed by atoms with Gasteiger partial charge in [0.2, 0.25) is 0 Å². The van der Waals surface area contributed by atoms with E-state index in [0.717, 1.165) is 62.7 Å². The summed E-state index contributed by atoms with van der Waals surface area (Å²) >= 11 is 3.49. The molecule has 2 aliphatic rings. The molecule has 0 spiro atoms. The van der Waals surface area contributed by atoms with Gasteiger partial charge in [-0.2, -0.15) is 0 Å². The van der Waals surface area contributed by atoms with E-state index < -0.39 is 0 Å². The molecule has 146 valence electrons. The number of halogens is 2. The Balaban J connectivity index is 0.00000243. The molecule has 1 saturated heterocycles. The number of guanidine groups is 1. The average Bonchev–Trinajstić information content (AvgIpc) is 3.19. The van der Waals surface area contributed by atoms with Crippen LogP contribution in [-0.4, -0.2) is 52.0 Å². The molecule has 2 N–H and O–H groups in total. The van der Waals surface area contributed by atoms with Gasteiger partial charge in [-0.1, -0.05) is 28.1 Å². The molecule has 1 heterocycles. The largest absolute Gasteiger partial charge is 0.381 e. The number of ether oxygens (including phenoxy) is 2. The van der Waals surface area contributed by atoms with Crippen LogP contribution in [0.5, 0.6) is 0 Å². The maximum atomic E-state index is 5.73. The summed E-state index contributed by atoms with van der Waals surface area (Å²) in [6, 6.07) is 9.08. The summed E-state index contributed by atoms with van der Waals surface area (Å²) < 4.78 is 12.2. The Morgan fingerprint density at radius 1 is 1.35 bits per heavy atom. The minimum atomic E-state index is 0. The highest BCUT2D eigenvalue weighted by Gasteiger charge is 2.38. The van der Waals surface area contributed by atoms with E-state index in [1.165, 1.54) is 5.56 Å². The molecule has 0 amide bonds. The molecule has 5 nitrogen and oxygen atoms in total. The van der Waals surface area contributed by atoms with E-state index in [1.54, 1.807) is 0 Å². The van der Waals surface area contributed by atoms with Crippen molar-refractivity contribution in [2.75, 3.05) is 40.0 Å². The summed E-state index contributed by atoms with van der Waals surface area (Å²) in [7, 11) is 1.82. The molecular weight excluding hydrogens is 509 g/mol. The molecule has 0 radical (unpaired) electrons. The highest BCUT2D eigenvalue weighted by Crippen LogP contribution is 2.40. The van der Waals surface area contributed by atoms with Crippen molar-refractivity contribution in [3.8, 4) is 0 Å². The SMILES string of the molecule is CN=C(NCCCOCC1CCOC1)NC1CC1c1ccc(Br)cc1.I. The summed E-state index contributed by atoms with van der Waals surface area (Å²) in [4.78, 5) is 4.32. The zero-order chi connectivity index (χ0) is 17.5. The van der Waals surface area contributed by atoms with Gasteiger partial charge in [-0.05, 0) is 37.0 Å². The van der Waals surface area contributed by atoms with Gasteiger partial charge in [0.05, 0.1) is 13.2 Å². The van der Waals surface area contributed by atoms with Gasteiger partial charge in [0.25, 0.3) is 0 Å². The van der Waals surface area contributed by atoms with Gasteiger partial charge in [0.1, 0.15) is 0 Å². The van der Waals surface area contributed by atoms with Crippen molar-refractivity contribution in [3.63, 3.8) is 0 Å². The fraction of sp³-hybridized carbons (Fsp3) is 0.632. The fourth-order valence-electron chi connectivity index (χ4n) is 3.15. The standard InChI is InChI=1S/C19H28BrN3O2.HI/c1-21-19(22-8-2-9-24-12-14-7-10-25-13-14)23-18-11-17(18)15-3-5-16(20)6-4-15;/h3-6,14,17-18H,2,7-13H2,1H3,(H2,21,22,23);1H. The second-order valence-electron chi connectivity index (χ2n) is 6.80. The van der Waals surface area contributed by atoms with Gasteiger partial charge in [-0.25, -0.2) is 0 Å². The Bertz CT molecular complexity index is 564. The van der Waals surface area contributed by atoms with Crippen molar-refractivity contribution in [1.29, 1.82) is 0 Å². The normalized spacial score (nSPS) is 24.8. The maximum absolute atomic E-state index is 5.73. The first-order valence-electron chi connectivity index (χ1n) is 9.14. The number of aliphatic imine (C=N–C) groups is 1. The van der Waals surface area contributed by atoms with E-state index in [-0.39, 0.29) is 24.0 Å². The topological polar surface area (TPSA) is 54.9 Å². The van der Waals surface area contributed by atoms with E-state index in [0.29, 0.717) is 17.9 Å². The summed E-state index contributed by atoms with van der Waals surface area (Å²) in [5.41, 5.74) is 1.39. The lowest BCUT2D eigenvalue weighted by Crippen LogP contribution is -2.39. The van der Waals surface area contributed by atoms with Gasteiger partial charge in [0.15, 0.2) is 5.96 Å². The number of hydrogen-bond acceptors (Lipinski definition) is 3. The lowest BCUT2D eigenvalue weighted by Gasteiger charge is -2.13. The lowest BCUT2D eigenvalue weighted by atomic mass is 10.1. The van der Waals surface area contributed by atoms with Crippen molar-refractivity contribution in [1.82, 2.24) is 10.6 Å². The smallest absolute Gasteiger partial charge is 0.191 e. The van der Waals surface area contributed by atoms with Crippen LogP contribution in [0, 0.1) is 5.92 Å². The van der Waals surface area contributed by atoms with Crippen LogP contribution in [0.4, 0.5) is 0 Å². The minimum absolute atomic E-state index is 0. The first kappa shape index (κ1) is 21.9. The maximum Gasteiger partial charge on any atom is 0.191 e. The Labute approximate surface area is 181 Å². The van der Waals surface area contributed by atoms with Crippen LogP contribution in [-0.2, 0) is 9.47 Å². The van der Waals surface area contributed by atoms with Crippen LogP contribution in [0.2, 0.25) is 0 Å². The van der Waals surface area contributed by atoms with Crippen molar-refractivity contribution in [2.45, 2.75) is 31.2 Å². The van der Waals surface area contributed by atoms with E-state index in [2.05, 4.69) is 55.8 Å². The van der Waals surface area contributed by atoms with Gasteiger partial charge in [-0.15, -0.1) is 24.0 Å². The summed E-state index contributed by atoms with van der Waals surface area (Å²) in [5, 5.41) is 6.89. The van der Waals surface area contributed by atoms with Crippen LogP contribution in [0.15, 0.2) is 33.7 Å². The predicted octanol–water partition coefficient (Wildman–Crippen LogP) is 3.53. The first-order chi connectivity index (χ1) is 12.3. The number of nitrogens with one attached hydrogen (secondary N) is 2. The monoisotopic (exact) mass is 537 g/mol. The van der Waals surface area contributed by atoms with E-state index in [9.17, 15) is 0 Å². The summed E-state index contributed by atoms with van der Waals surface area (Å²) in [5.74, 6) is 2.06. The number of benzene rings is 1. The Kier molecular flexibility index (Phi) is 9.66. The lowest BCUT2D eigenvalue weighted by molar-refractivity contribution is 0.0888. The Hall–Kier alpha value is -0.380. The average molecular weight is 538 g/mol. The van der Waals surface area contributed by atoms with E-state index in [4.69, 9.17) is 9.47 Å². The fourth-order valence-corrected chi connectivity index (χ4v) is 3.41. The molecule has 0 bridgehead atoms. The zero-order valence-electron chi connectivity index (χ0n) is 15.2. The van der Waals surface area contributed by atoms with Crippen LogP contribution in [0.25, 0.3) is 0 Å². The Morgan fingerprint density at radius 3 is 2.85 bits per heavy atom. The van der Waals surface area contributed by atoms with Gasteiger partial charge < -0.3 is 20.1 Å². The molecule has 1 aliphatic carbocycles. The molecule has 26 heavy (non-hydrogen) atoms. The third kappa shape index (κ3) is 6.98. The molecular formula is C19H29BrIN3O2. The van der Waals surface area contributed by atoms with Crippen molar-refractivity contribution in [3.05, 3.63) is 34.3 Å². The predicted molar refractivity (Wildman–Crippen MR) is 120 cm³/mol. The van der Waals surface area contributed by atoms with Crippen molar-refractivity contribution in [2.24, 2.45) is 10.9 Å². The quantitative estimate of drug-likeness (QED) is 0.230. The van der Waals surface area contributed by atoms with E-state index >= 15 is 0 Å². The van der Waals surface area contributed by atoms with Gasteiger partial charge in [-0.3, -0.25) is 4.99 Å². The van der Waals surface area contributed by atoms with Crippen LogP contribution in [0.3, 0.4) is 0 Å². The second kappa shape index (κ2) is 11.5. The summed E-state index contributed by atoms with van der Waals surface area (Å²) in [6.45, 7) is 4.22. The van der Waals surface area contributed by atoms with Crippen LogP contribution >= 0.6 is 39.9 Å². The molecule has 0 aromatic heterocycles. The Morgan fingerprint density at radius 2 is 2.15 bits per heavy atom. The molecule has 1 aromatic carbocycles. The zero-order valence-corrected chi connectivity index (χ0v) is 19.2. The highest BCUT2D eigenvalue weighted by molar-refractivity contribution is 14.0. The first-order valence-corrected chi connectivity index (χ1v) is 9.93. The molecule has 7 heteroatoms. The second-order valence-corrected chi connectivity index (χ2v) is 7.72. The third-order valence-corrected chi connectivity index (χ3v) is 5.30. The molecule has 1 aliphatic heterocycles. The molecule has 1 saturated carbocycles. The molecule has 3 atom stereocenters. The van der Waals surface area contributed by atoms with Gasteiger partial charge in [0, 0.05) is 49.2 Å². The molecule has 2 fully saturated rings. The molecule has 3 unspecified atom stereocenters. The van der Waals surface area contributed by atoms with Crippen LogP contribution in [0.1, 0.15) is 30.7 Å². The van der Waals surface area contributed by atoms with E-state index in [1.807, 2.05) is 7.05 Å². The third-order valence-electron chi connectivity index (χ3n) is 4.77. The molecule has 3 rings (SSSR count). The number of rotatable bonds is 8. The van der Waals surface area contributed by atoms with Crippen molar-refractivity contribution < 1.29 is 9.47 Å². The van der Waals surface area contributed by atoms with Crippen molar-refractivity contribution >= 4 is 45.9 Å². The number of nitrogens with zero attached hydrogens (tertiary/aromatic N) is 1. The van der Waals surface area contributed by atoms with Crippen LogP contribution < -0.4 is 10.6 Å². The van der Waals surface area contributed by atoms with Gasteiger partial charge >= 0.3 is 0 Å². The molecule has 1 aromatic rings. The number of hydrogen-bond donors (Lipinski definition) is 2. The summed E-state index contributed by atoms with van der Waals surface area (Å²) in [6.07, 6.45) is 3.28.